The molecule has 3 nitrogen and oxygen atoms in total. The number of rotatable bonds is 3. The summed E-state index contributed by atoms with van der Waals surface area (Å²) in [6, 6.07) is 7.55. The van der Waals surface area contributed by atoms with E-state index in [1.54, 1.807) is 6.07 Å². The standard InChI is InChI=1S/C13H13NO2/c1-2-4-10-5-3-6-11(9-10)14-12(15)7-8-13(14)16/h3,5-9H,2,4H2,1H3. The van der Waals surface area contributed by atoms with Gasteiger partial charge in [0.15, 0.2) is 0 Å². The second-order valence-corrected chi connectivity index (χ2v) is 3.77. The Morgan fingerprint density at radius 2 is 1.81 bits per heavy atom. The molecule has 1 aromatic rings. The van der Waals surface area contributed by atoms with Crippen molar-refractivity contribution in [3.05, 3.63) is 42.0 Å². The van der Waals surface area contributed by atoms with E-state index < -0.39 is 0 Å². The molecule has 0 unspecified atom stereocenters. The van der Waals surface area contributed by atoms with Gasteiger partial charge in [-0.15, -0.1) is 0 Å². The normalized spacial score (nSPS) is 14.9. The molecule has 82 valence electrons. The van der Waals surface area contributed by atoms with Crippen molar-refractivity contribution < 1.29 is 9.59 Å². The summed E-state index contributed by atoms with van der Waals surface area (Å²) in [5.74, 6) is -0.530. The lowest BCUT2D eigenvalue weighted by Crippen LogP contribution is -2.29. The van der Waals surface area contributed by atoms with E-state index in [0.717, 1.165) is 18.4 Å². The molecule has 16 heavy (non-hydrogen) atoms. The first kappa shape index (κ1) is 10.6. The fraction of sp³-hybridized carbons (Fsp3) is 0.231. The quantitative estimate of drug-likeness (QED) is 0.724. The number of hydrogen-bond donors (Lipinski definition) is 0. The van der Waals surface area contributed by atoms with Gasteiger partial charge in [0.2, 0.25) is 0 Å². The number of carbonyl (C=O) groups excluding carboxylic acids is 2. The van der Waals surface area contributed by atoms with Crippen LogP contribution in [-0.2, 0) is 16.0 Å². The van der Waals surface area contributed by atoms with Crippen LogP contribution in [0.4, 0.5) is 5.69 Å². The van der Waals surface area contributed by atoms with Crippen molar-refractivity contribution in [1.29, 1.82) is 0 Å². The van der Waals surface area contributed by atoms with E-state index in [9.17, 15) is 9.59 Å². The van der Waals surface area contributed by atoms with Crippen LogP contribution >= 0.6 is 0 Å². The molecule has 0 radical (unpaired) electrons. The first-order valence-corrected chi connectivity index (χ1v) is 5.37. The highest BCUT2D eigenvalue weighted by Crippen LogP contribution is 2.20. The van der Waals surface area contributed by atoms with E-state index in [-0.39, 0.29) is 11.8 Å². The van der Waals surface area contributed by atoms with Crippen molar-refractivity contribution >= 4 is 17.5 Å². The molecule has 0 N–H and O–H groups in total. The number of aryl methyl sites for hydroxylation is 1. The highest BCUT2D eigenvalue weighted by atomic mass is 16.2. The number of imide groups is 1. The van der Waals surface area contributed by atoms with Crippen LogP contribution in [0.2, 0.25) is 0 Å². The minimum Gasteiger partial charge on any atom is -0.269 e. The predicted octanol–water partition coefficient (Wildman–Crippen LogP) is 2.07. The van der Waals surface area contributed by atoms with E-state index in [2.05, 4.69) is 6.92 Å². The van der Waals surface area contributed by atoms with Crippen molar-refractivity contribution in [1.82, 2.24) is 0 Å². The lowest BCUT2D eigenvalue weighted by atomic mass is 10.1. The summed E-state index contributed by atoms with van der Waals surface area (Å²) < 4.78 is 0. The molecule has 0 aliphatic carbocycles. The average Bonchev–Trinajstić information content (AvgIpc) is 2.59. The Kier molecular flexibility index (Phi) is 2.86. The molecule has 0 atom stereocenters. The Morgan fingerprint density at radius 3 is 2.44 bits per heavy atom. The van der Waals surface area contributed by atoms with Gasteiger partial charge < -0.3 is 0 Å². The smallest absolute Gasteiger partial charge is 0.258 e. The number of carbonyl (C=O) groups is 2. The number of hydrogen-bond acceptors (Lipinski definition) is 2. The van der Waals surface area contributed by atoms with Crippen LogP contribution in [0.25, 0.3) is 0 Å². The number of anilines is 1. The maximum absolute atomic E-state index is 11.5. The van der Waals surface area contributed by atoms with Crippen LogP contribution in [0.5, 0.6) is 0 Å². The zero-order valence-electron chi connectivity index (χ0n) is 9.14. The summed E-state index contributed by atoms with van der Waals surface area (Å²) in [5.41, 5.74) is 1.80. The van der Waals surface area contributed by atoms with Crippen molar-refractivity contribution in [2.75, 3.05) is 4.90 Å². The van der Waals surface area contributed by atoms with Gasteiger partial charge in [-0.25, -0.2) is 4.90 Å². The molecule has 0 spiro atoms. The lowest BCUT2D eigenvalue weighted by Gasteiger charge is -2.14. The summed E-state index contributed by atoms with van der Waals surface area (Å²) in [6.07, 6.45) is 4.60. The van der Waals surface area contributed by atoms with E-state index in [4.69, 9.17) is 0 Å². The molecule has 1 aliphatic heterocycles. The number of benzene rings is 1. The molecule has 1 heterocycles. The zero-order chi connectivity index (χ0) is 11.5. The van der Waals surface area contributed by atoms with Gasteiger partial charge in [-0.3, -0.25) is 9.59 Å². The third-order valence-electron chi connectivity index (χ3n) is 2.52. The molecule has 1 aromatic carbocycles. The third-order valence-corrected chi connectivity index (χ3v) is 2.52. The number of nitrogens with zero attached hydrogens (tertiary/aromatic N) is 1. The maximum Gasteiger partial charge on any atom is 0.258 e. The fourth-order valence-electron chi connectivity index (χ4n) is 1.79. The van der Waals surface area contributed by atoms with E-state index in [1.807, 2.05) is 18.2 Å². The molecule has 0 aromatic heterocycles. The Labute approximate surface area is 94.4 Å². The Balaban J connectivity index is 2.30. The van der Waals surface area contributed by atoms with Gasteiger partial charge >= 0.3 is 0 Å². The minimum atomic E-state index is -0.265. The van der Waals surface area contributed by atoms with Gasteiger partial charge in [0.05, 0.1) is 5.69 Å². The van der Waals surface area contributed by atoms with Gasteiger partial charge in [0.25, 0.3) is 11.8 Å². The molecule has 0 bridgehead atoms. The second kappa shape index (κ2) is 4.31. The molecule has 1 aliphatic rings. The molecule has 3 heteroatoms. The van der Waals surface area contributed by atoms with Crippen LogP contribution in [0.3, 0.4) is 0 Å². The van der Waals surface area contributed by atoms with E-state index in [1.165, 1.54) is 17.1 Å². The first-order chi connectivity index (χ1) is 7.72. The average molecular weight is 215 g/mol. The highest BCUT2D eigenvalue weighted by Gasteiger charge is 2.24. The summed E-state index contributed by atoms with van der Waals surface area (Å²) in [4.78, 5) is 24.1. The molecule has 2 rings (SSSR count). The summed E-state index contributed by atoms with van der Waals surface area (Å²) in [6.45, 7) is 2.10. The SMILES string of the molecule is CCCc1cccc(N2C(=O)C=CC2=O)c1. The second-order valence-electron chi connectivity index (χ2n) is 3.77. The van der Waals surface area contributed by atoms with Gasteiger partial charge in [0, 0.05) is 12.2 Å². The fourth-order valence-corrected chi connectivity index (χ4v) is 1.79. The lowest BCUT2D eigenvalue weighted by molar-refractivity contribution is -0.119. The molecular weight excluding hydrogens is 202 g/mol. The van der Waals surface area contributed by atoms with Gasteiger partial charge in [-0.2, -0.15) is 0 Å². The van der Waals surface area contributed by atoms with Gasteiger partial charge in [-0.1, -0.05) is 25.5 Å². The van der Waals surface area contributed by atoms with Crippen LogP contribution in [-0.4, -0.2) is 11.8 Å². The van der Waals surface area contributed by atoms with Gasteiger partial charge in [0.1, 0.15) is 0 Å². The third kappa shape index (κ3) is 1.89. The largest absolute Gasteiger partial charge is 0.269 e. The van der Waals surface area contributed by atoms with Crippen molar-refractivity contribution in [3.8, 4) is 0 Å². The van der Waals surface area contributed by atoms with Crippen molar-refractivity contribution in [3.63, 3.8) is 0 Å². The monoisotopic (exact) mass is 215 g/mol. The van der Waals surface area contributed by atoms with Crippen LogP contribution < -0.4 is 4.90 Å². The Bertz CT molecular complexity index is 445. The molecule has 0 saturated heterocycles. The Morgan fingerprint density at radius 1 is 1.12 bits per heavy atom. The zero-order valence-corrected chi connectivity index (χ0v) is 9.14. The van der Waals surface area contributed by atoms with E-state index >= 15 is 0 Å². The van der Waals surface area contributed by atoms with Crippen LogP contribution in [0, 0.1) is 0 Å². The topological polar surface area (TPSA) is 37.4 Å². The van der Waals surface area contributed by atoms with Gasteiger partial charge in [-0.05, 0) is 24.1 Å². The predicted molar refractivity (Wildman–Crippen MR) is 62.1 cm³/mol. The summed E-state index contributed by atoms with van der Waals surface area (Å²) in [5, 5.41) is 0. The first-order valence-electron chi connectivity index (χ1n) is 5.37. The maximum atomic E-state index is 11.5. The van der Waals surface area contributed by atoms with Crippen LogP contribution in [0.1, 0.15) is 18.9 Å². The minimum absolute atomic E-state index is 0.265. The van der Waals surface area contributed by atoms with Crippen LogP contribution in [0.15, 0.2) is 36.4 Å². The number of amides is 2. The molecule has 0 saturated carbocycles. The van der Waals surface area contributed by atoms with Crippen molar-refractivity contribution in [2.45, 2.75) is 19.8 Å². The van der Waals surface area contributed by atoms with E-state index in [0.29, 0.717) is 5.69 Å². The molecular formula is C13H13NO2. The summed E-state index contributed by atoms with van der Waals surface area (Å²) >= 11 is 0. The highest BCUT2D eigenvalue weighted by molar-refractivity contribution is 6.28. The summed E-state index contributed by atoms with van der Waals surface area (Å²) in [7, 11) is 0. The molecule has 2 amide bonds. The van der Waals surface area contributed by atoms with Crippen molar-refractivity contribution in [2.24, 2.45) is 0 Å². The Hall–Kier alpha value is -1.90. The molecule has 0 fully saturated rings.